The van der Waals surface area contributed by atoms with Crippen LogP contribution in [0.2, 0.25) is 0 Å². The van der Waals surface area contributed by atoms with Crippen LogP contribution in [-0.4, -0.2) is 31.0 Å². The van der Waals surface area contributed by atoms with Gasteiger partial charge in [0.1, 0.15) is 17.5 Å². The molecule has 24 heavy (non-hydrogen) atoms. The molecular formula is C16H18F3N5. The molecule has 1 aliphatic rings. The van der Waals surface area contributed by atoms with Crippen LogP contribution < -0.4 is 0 Å². The smallest absolute Gasteiger partial charge is 0.346 e. The van der Waals surface area contributed by atoms with Gasteiger partial charge < -0.3 is 4.98 Å². The molecule has 1 saturated carbocycles. The van der Waals surface area contributed by atoms with E-state index in [9.17, 15) is 13.2 Å². The number of rotatable bonds is 3. The number of fused-ring (bicyclic) bond motifs is 3. The van der Waals surface area contributed by atoms with E-state index in [1.165, 1.54) is 0 Å². The van der Waals surface area contributed by atoms with Crippen molar-refractivity contribution in [3.05, 3.63) is 24.3 Å². The van der Waals surface area contributed by atoms with Gasteiger partial charge in [0.25, 0.3) is 0 Å². The van der Waals surface area contributed by atoms with Gasteiger partial charge in [0.15, 0.2) is 0 Å². The van der Waals surface area contributed by atoms with Crippen molar-refractivity contribution in [2.24, 2.45) is 5.92 Å². The summed E-state index contributed by atoms with van der Waals surface area (Å²) >= 11 is 0. The Labute approximate surface area is 136 Å². The summed E-state index contributed by atoms with van der Waals surface area (Å²) in [7, 11) is 0. The molecule has 0 unspecified atom stereocenters. The Bertz CT molecular complexity index is 842. The van der Waals surface area contributed by atoms with E-state index < -0.39 is 12.6 Å². The van der Waals surface area contributed by atoms with Crippen LogP contribution in [0.15, 0.2) is 18.6 Å². The number of aromatic amines is 1. The van der Waals surface area contributed by atoms with Crippen molar-refractivity contribution in [2.45, 2.75) is 50.6 Å². The standard InChI is InChI=1S/C16H18F3N5/c17-16(18,19)7-5-10-1-3-11(4-2-10)13-14-12-6-8-20-15(12)21-9-24(14)23-22-13/h6,8-11,20H,1-5,7H2. The number of halogens is 3. The molecule has 0 bridgehead atoms. The van der Waals surface area contributed by atoms with E-state index >= 15 is 0 Å². The molecule has 0 amide bonds. The first-order valence-electron chi connectivity index (χ1n) is 8.25. The highest BCUT2D eigenvalue weighted by molar-refractivity contribution is 5.92. The van der Waals surface area contributed by atoms with E-state index in [0.29, 0.717) is 0 Å². The van der Waals surface area contributed by atoms with Crippen LogP contribution in [0.1, 0.15) is 50.1 Å². The minimum atomic E-state index is -4.05. The molecule has 0 aliphatic heterocycles. The van der Waals surface area contributed by atoms with Gasteiger partial charge in [-0.05, 0) is 44.1 Å². The van der Waals surface area contributed by atoms with E-state index in [-0.39, 0.29) is 18.3 Å². The fraction of sp³-hybridized carbons (Fsp3) is 0.562. The summed E-state index contributed by atoms with van der Waals surface area (Å²) < 4.78 is 38.8. The highest BCUT2D eigenvalue weighted by Gasteiger charge is 2.31. The molecule has 0 atom stereocenters. The lowest BCUT2D eigenvalue weighted by molar-refractivity contribution is -0.138. The van der Waals surface area contributed by atoms with Gasteiger partial charge in [-0.25, -0.2) is 9.50 Å². The Morgan fingerprint density at radius 2 is 2.00 bits per heavy atom. The van der Waals surface area contributed by atoms with Crippen LogP contribution >= 0.6 is 0 Å². The number of alkyl halides is 3. The molecule has 5 nitrogen and oxygen atoms in total. The van der Waals surface area contributed by atoms with Gasteiger partial charge in [0, 0.05) is 23.9 Å². The number of H-pyrrole nitrogens is 1. The first kappa shape index (κ1) is 15.4. The Balaban J connectivity index is 1.52. The lowest BCUT2D eigenvalue weighted by Crippen LogP contribution is -2.17. The van der Waals surface area contributed by atoms with Gasteiger partial charge in [0.05, 0.1) is 5.69 Å². The van der Waals surface area contributed by atoms with E-state index in [1.54, 1.807) is 10.8 Å². The van der Waals surface area contributed by atoms with Crippen LogP contribution in [-0.2, 0) is 0 Å². The summed E-state index contributed by atoms with van der Waals surface area (Å²) in [6.07, 6.45) is 2.37. The zero-order valence-corrected chi connectivity index (χ0v) is 13.1. The molecule has 3 aromatic heterocycles. The molecule has 3 aromatic rings. The second-order valence-electron chi connectivity index (χ2n) is 6.62. The van der Waals surface area contributed by atoms with Gasteiger partial charge >= 0.3 is 6.18 Å². The molecule has 1 fully saturated rings. The number of hydrogen-bond acceptors (Lipinski definition) is 3. The van der Waals surface area contributed by atoms with Crippen molar-refractivity contribution in [1.82, 2.24) is 24.8 Å². The summed E-state index contributed by atoms with van der Waals surface area (Å²) in [6.45, 7) is 0. The van der Waals surface area contributed by atoms with Gasteiger partial charge in [-0.3, -0.25) is 0 Å². The average Bonchev–Trinajstić information content (AvgIpc) is 3.18. The molecule has 0 radical (unpaired) electrons. The number of hydrogen-bond donors (Lipinski definition) is 1. The van der Waals surface area contributed by atoms with Gasteiger partial charge in [-0.15, -0.1) is 5.10 Å². The molecule has 4 rings (SSSR count). The average molecular weight is 337 g/mol. The van der Waals surface area contributed by atoms with Crippen molar-refractivity contribution < 1.29 is 13.2 Å². The molecule has 1 N–H and O–H groups in total. The monoisotopic (exact) mass is 337 g/mol. The van der Waals surface area contributed by atoms with Crippen molar-refractivity contribution in [3.63, 3.8) is 0 Å². The molecule has 8 heteroatoms. The normalized spacial score (nSPS) is 22.5. The maximum absolute atomic E-state index is 12.4. The summed E-state index contributed by atoms with van der Waals surface area (Å²) in [5, 5.41) is 9.47. The van der Waals surface area contributed by atoms with Crippen molar-refractivity contribution in [3.8, 4) is 0 Å². The number of nitrogens with one attached hydrogen (secondary N) is 1. The maximum atomic E-state index is 12.4. The van der Waals surface area contributed by atoms with Crippen LogP contribution in [0.25, 0.3) is 16.6 Å². The number of aromatic nitrogens is 5. The Hall–Kier alpha value is -2.12. The maximum Gasteiger partial charge on any atom is 0.389 e. The molecular weight excluding hydrogens is 319 g/mol. The Morgan fingerprint density at radius 3 is 2.75 bits per heavy atom. The van der Waals surface area contributed by atoms with Crippen molar-refractivity contribution >= 4 is 16.6 Å². The van der Waals surface area contributed by atoms with Crippen LogP contribution in [0.4, 0.5) is 13.2 Å². The third kappa shape index (κ3) is 2.85. The van der Waals surface area contributed by atoms with E-state index in [2.05, 4.69) is 20.3 Å². The summed E-state index contributed by atoms with van der Waals surface area (Å²) in [5.74, 6) is 0.420. The third-order valence-corrected chi connectivity index (χ3v) is 5.07. The second kappa shape index (κ2) is 5.75. The van der Waals surface area contributed by atoms with E-state index in [4.69, 9.17) is 0 Å². The predicted octanol–water partition coefficient (Wildman–Crippen LogP) is 4.22. The summed E-state index contributed by atoms with van der Waals surface area (Å²) in [4.78, 5) is 7.37. The lowest BCUT2D eigenvalue weighted by Gasteiger charge is -2.27. The quantitative estimate of drug-likeness (QED) is 0.778. The fourth-order valence-electron chi connectivity index (χ4n) is 3.79. The van der Waals surface area contributed by atoms with Crippen LogP contribution in [0.5, 0.6) is 0 Å². The largest absolute Gasteiger partial charge is 0.389 e. The van der Waals surface area contributed by atoms with E-state index in [1.807, 2.05) is 12.3 Å². The number of nitrogens with zero attached hydrogens (tertiary/aromatic N) is 4. The summed E-state index contributed by atoms with van der Waals surface area (Å²) in [6, 6.07) is 1.96. The van der Waals surface area contributed by atoms with E-state index in [0.717, 1.165) is 47.9 Å². The molecule has 128 valence electrons. The molecule has 1 aliphatic carbocycles. The third-order valence-electron chi connectivity index (χ3n) is 5.07. The fourth-order valence-corrected chi connectivity index (χ4v) is 3.79. The molecule has 0 spiro atoms. The van der Waals surface area contributed by atoms with Crippen molar-refractivity contribution in [2.75, 3.05) is 0 Å². The molecule has 0 aromatic carbocycles. The summed E-state index contributed by atoms with van der Waals surface area (Å²) in [5.41, 5.74) is 2.70. The minimum Gasteiger partial charge on any atom is -0.346 e. The first-order valence-corrected chi connectivity index (χ1v) is 8.25. The van der Waals surface area contributed by atoms with Gasteiger partial charge in [-0.1, -0.05) is 5.21 Å². The SMILES string of the molecule is FC(F)(F)CCC1CCC(c2nnn3cnc4[nH]ccc4c23)CC1. The predicted molar refractivity (Wildman–Crippen MR) is 82.6 cm³/mol. The second-order valence-corrected chi connectivity index (χ2v) is 6.62. The lowest BCUT2D eigenvalue weighted by atomic mass is 9.78. The minimum absolute atomic E-state index is 0.165. The van der Waals surface area contributed by atoms with Gasteiger partial charge in [0.2, 0.25) is 0 Å². The molecule has 3 heterocycles. The highest BCUT2D eigenvalue weighted by atomic mass is 19.4. The van der Waals surface area contributed by atoms with Crippen LogP contribution in [0, 0.1) is 5.92 Å². The highest BCUT2D eigenvalue weighted by Crippen LogP contribution is 2.40. The van der Waals surface area contributed by atoms with Crippen molar-refractivity contribution in [1.29, 1.82) is 0 Å². The molecule has 0 saturated heterocycles. The zero-order valence-electron chi connectivity index (χ0n) is 13.1. The topological polar surface area (TPSA) is 58.9 Å². The zero-order chi connectivity index (χ0) is 16.7. The Morgan fingerprint density at radius 1 is 1.21 bits per heavy atom. The first-order chi connectivity index (χ1) is 11.5. The van der Waals surface area contributed by atoms with Crippen LogP contribution in [0.3, 0.4) is 0 Å². The Kier molecular flexibility index (Phi) is 3.69. The van der Waals surface area contributed by atoms with Gasteiger partial charge in [-0.2, -0.15) is 13.2 Å².